The third-order valence-corrected chi connectivity index (χ3v) is 2.85. The second-order valence-corrected chi connectivity index (χ2v) is 3.88. The quantitative estimate of drug-likeness (QED) is 0.828. The summed E-state index contributed by atoms with van der Waals surface area (Å²) in [6, 6.07) is 6.88. The Morgan fingerprint density at radius 1 is 1.44 bits per heavy atom. The molecule has 0 spiro atoms. The maximum absolute atomic E-state index is 11.1. The van der Waals surface area contributed by atoms with Gasteiger partial charge in [-0.1, -0.05) is 23.9 Å². The van der Waals surface area contributed by atoms with Crippen LogP contribution in [-0.2, 0) is 0 Å². The number of carboxylic acid groups (broad SMARTS) is 1. The van der Waals surface area contributed by atoms with Gasteiger partial charge in [0.25, 0.3) is 0 Å². The van der Waals surface area contributed by atoms with Crippen LogP contribution in [0.25, 0.3) is 5.69 Å². The summed E-state index contributed by atoms with van der Waals surface area (Å²) in [6.07, 6.45) is 5.32. The number of para-hydroxylation sites is 1. The minimum atomic E-state index is -0.934. The van der Waals surface area contributed by atoms with Crippen molar-refractivity contribution in [2.45, 2.75) is 5.16 Å². The highest BCUT2D eigenvalue weighted by molar-refractivity contribution is 7.98. The van der Waals surface area contributed by atoms with Crippen molar-refractivity contribution in [3.8, 4) is 5.69 Å². The maximum Gasteiger partial charge on any atom is 0.337 e. The summed E-state index contributed by atoms with van der Waals surface area (Å²) in [5, 5.41) is 9.86. The average molecular weight is 234 g/mol. The fourth-order valence-electron chi connectivity index (χ4n) is 1.49. The van der Waals surface area contributed by atoms with Crippen LogP contribution in [-0.4, -0.2) is 26.9 Å². The van der Waals surface area contributed by atoms with Crippen molar-refractivity contribution < 1.29 is 9.90 Å². The first-order chi connectivity index (χ1) is 7.74. The van der Waals surface area contributed by atoms with E-state index < -0.39 is 5.97 Å². The summed E-state index contributed by atoms with van der Waals surface area (Å²) >= 11 is 1.48. The molecule has 0 aliphatic rings. The van der Waals surface area contributed by atoms with Gasteiger partial charge < -0.3 is 5.11 Å². The van der Waals surface area contributed by atoms with E-state index in [9.17, 15) is 4.79 Å². The van der Waals surface area contributed by atoms with E-state index in [2.05, 4.69) is 4.98 Å². The molecule has 4 nitrogen and oxygen atoms in total. The fourth-order valence-corrected chi connectivity index (χ4v) is 2.01. The molecule has 0 saturated heterocycles. The Kier molecular flexibility index (Phi) is 2.96. The molecule has 1 N–H and O–H groups in total. The van der Waals surface area contributed by atoms with E-state index in [1.165, 1.54) is 11.8 Å². The molecule has 0 saturated carbocycles. The predicted molar refractivity (Wildman–Crippen MR) is 62.3 cm³/mol. The lowest BCUT2D eigenvalue weighted by Gasteiger charge is -2.08. The first kappa shape index (κ1) is 10.8. The average Bonchev–Trinajstić information content (AvgIpc) is 2.76. The van der Waals surface area contributed by atoms with Crippen molar-refractivity contribution in [2.24, 2.45) is 0 Å². The Hall–Kier alpha value is -1.75. The van der Waals surface area contributed by atoms with E-state index in [0.29, 0.717) is 5.69 Å². The Morgan fingerprint density at radius 2 is 2.19 bits per heavy atom. The second kappa shape index (κ2) is 4.40. The fraction of sp³-hybridized carbons (Fsp3) is 0.0909. The number of thioether (sulfide) groups is 1. The molecule has 0 aliphatic carbocycles. The number of carbonyl (C=O) groups is 1. The molecule has 1 heterocycles. The Morgan fingerprint density at radius 3 is 2.88 bits per heavy atom. The van der Waals surface area contributed by atoms with Gasteiger partial charge in [-0.2, -0.15) is 0 Å². The number of hydrogen-bond donors (Lipinski definition) is 1. The lowest BCUT2D eigenvalue weighted by Crippen LogP contribution is -2.05. The largest absolute Gasteiger partial charge is 0.478 e. The standard InChI is InChI=1S/C11H10N2O2S/c1-16-11-12-6-7-13(11)9-5-3-2-4-8(9)10(14)15/h2-7H,1H3,(H,14,15). The van der Waals surface area contributed by atoms with E-state index in [1.54, 1.807) is 35.2 Å². The van der Waals surface area contributed by atoms with Gasteiger partial charge in [-0.3, -0.25) is 4.57 Å². The molecule has 0 atom stereocenters. The van der Waals surface area contributed by atoms with Gasteiger partial charge in [-0.15, -0.1) is 0 Å². The van der Waals surface area contributed by atoms with Crippen molar-refractivity contribution in [1.29, 1.82) is 0 Å². The molecule has 0 aliphatic heterocycles. The summed E-state index contributed by atoms with van der Waals surface area (Å²) in [6.45, 7) is 0. The molecule has 16 heavy (non-hydrogen) atoms. The van der Waals surface area contributed by atoms with Gasteiger partial charge in [-0.25, -0.2) is 9.78 Å². The number of hydrogen-bond acceptors (Lipinski definition) is 3. The van der Waals surface area contributed by atoms with Crippen molar-refractivity contribution >= 4 is 17.7 Å². The number of rotatable bonds is 3. The maximum atomic E-state index is 11.1. The summed E-state index contributed by atoms with van der Waals surface area (Å²) in [5.74, 6) is -0.934. The number of aromatic carboxylic acids is 1. The molecular weight excluding hydrogens is 224 g/mol. The molecule has 2 rings (SSSR count). The molecule has 0 radical (unpaired) electrons. The van der Waals surface area contributed by atoms with E-state index in [-0.39, 0.29) is 5.56 Å². The van der Waals surface area contributed by atoms with Crippen molar-refractivity contribution in [3.63, 3.8) is 0 Å². The van der Waals surface area contributed by atoms with Gasteiger partial charge in [0.15, 0.2) is 5.16 Å². The predicted octanol–water partition coefficient (Wildman–Crippen LogP) is 2.29. The van der Waals surface area contributed by atoms with Gasteiger partial charge >= 0.3 is 5.97 Å². The van der Waals surface area contributed by atoms with Crippen LogP contribution in [0.1, 0.15) is 10.4 Å². The van der Waals surface area contributed by atoms with E-state index in [4.69, 9.17) is 5.11 Å². The molecule has 0 amide bonds. The van der Waals surface area contributed by atoms with Gasteiger partial charge in [0.1, 0.15) is 0 Å². The molecular formula is C11H10N2O2S. The van der Waals surface area contributed by atoms with Crippen LogP contribution in [0.4, 0.5) is 0 Å². The van der Waals surface area contributed by atoms with Crippen LogP contribution < -0.4 is 0 Å². The lowest BCUT2D eigenvalue weighted by molar-refractivity contribution is 0.0697. The highest BCUT2D eigenvalue weighted by Gasteiger charge is 2.12. The smallest absolute Gasteiger partial charge is 0.337 e. The number of imidazole rings is 1. The van der Waals surface area contributed by atoms with Crippen molar-refractivity contribution in [1.82, 2.24) is 9.55 Å². The number of aromatic nitrogens is 2. The Labute approximate surface area is 96.9 Å². The van der Waals surface area contributed by atoms with E-state index >= 15 is 0 Å². The highest BCUT2D eigenvalue weighted by atomic mass is 32.2. The highest BCUT2D eigenvalue weighted by Crippen LogP contribution is 2.21. The number of benzene rings is 1. The molecule has 1 aromatic heterocycles. The third-order valence-electron chi connectivity index (χ3n) is 2.18. The number of nitrogens with zero attached hydrogens (tertiary/aromatic N) is 2. The van der Waals surface area contributed by atoms with Gasteiger partial charge in [0.2, 0.25) is 0 Å². The van der Waals surface area contributed by atoms with E-state index in [1.807, 2.05) is 12.3 Å². The molecule has 0 fully saturated rings. The zero-order chi connectivity index (χ0) is 11.5. The summed E-state index contributed by atoms with van der Waals surface area (Å²) in [5.41, 5.74) is 0.910. The first-order valence-electron chi connectivity index (χ1n) is 4.64. The molecule has 2 aromatic rings. The van der Waals surface area contributed by atoms with Gasteiger partial charge in [0.05, 0.1) is 11.3 Å². The van der Waals surface area contributed by atoms with Crippen molar-refractivity contribution in [3.05, 3.63) is 42.2 Å². The van der Waals surface area contributed by atoms with Crippen LogP contribution in [0.5, 0.6) is 0 Å². The minimum Gasteiger partial charge on any atom is -0.478 e. The summed E-state index contributed by atoms with van der Waals surface area (Å²) in [7, 11) is 0. The van der Waals surface area contributed by atoms with Crippen LogP contribution in [0.2, 0.25) is 0 Å². The second-order valence-electron chi connectivity index (χ2n) is 3.11. The number of carboxylic acids is 1. The van der Waals surface area contributed by atoms with Crippen molar-refractivity contribution in [2.75, 3.05) is 6.26 Å². The first-order valence-corrected chi connectivity index (χ1v) is 5.86. The molecule has 82 valence electrons. The van der Waals surface area contributed by atoms with Gasteiger partial charge in [-0.05, 0) is 18.4 Å². The molecule has 0 bridgehead atoms. The van der Waals surface area contributed by atoms with Crippen LogP contribution >= 0.6 is 11.8 Å². The Bertz CT molecular complexity index is 522. The molecule has 0 unspecified atom stereocenters. The van der Waals surface area contributed by atoms with Crippen LogP contribution in [0.3, 0.4) is 0 Å². The van der Waals surface area contributed by atoms with Crippen LogP contribution in [0, 0.1) is 0 Å². The third kappa shape index (κ3) is 1.81. The lowest BCUT2D eigenvalue weighted by atomic mass is 10.2. The van der Waals surface area contributed by atoms with Gasteiger partial charge in [0, 0.05) is 12.4 Å². The minimum absolute atomic E-state index is 0.274. The zero-order valence-corrected chi connectivity index (χ0v) is 9.44. The molecule has 1 aromatic carbocycles. The van der Waals surface area contributed by atoms with E-state index in [0.717, 1.165) is 5.16 Å². The normalized spacial score (nSPS) is 10.3. The summed E-state index contributed by atoms with van der Waals surface area (Å²) in [4.78, 5) is 15.2. The molecule has 5 heteroatoms. The van der Waals surface area contributed by atoms with Crippen LogP contribution in [0.15, 0.2) is 41.8 Å². The summed E-state index contributed by atoms with van der Waals surface area (Å²) < 4.78 is 1.77. The SMILES string of the molecule is CSc1nccn1-c1ccccc1C(=O)O. The zero-order valence-electron chi connectivity index (χ0n) is 8.62. The Balaban J connectivity index is 2.60. The topological polar surface area (TPSA) is 55.1 Å². The monoisotopic (exact) mass is 234 g/mol.